The van der Waals surface area contributed by atoms with Gasteiger partial charge in [0.2, 0.25) is 0 Å². The van der Waals surface area contributed by atoms with Crippen molar-refractivity contribution in [3.63, 3.8) is 0 Å². The van der Waals surface area contributed by atoms with E-state index in [2.05, 4.69) is 5.32 Å². The topological polar surface area (TPSA) is 62.5 Å². The molecule has 1 atom stereocenters. The van der Waals surface area contributed by atoms with E-state index >= 15 is 0 Å². The minimum atomic E-state index is -0.973. The molecule has 0 fully saturated rings. The maximum Gasteiger partial charge on any atom is 0.329 e. The quantitative estimate of drug-likeness (QED) is 0.691. The van der Waals surface area contributed by atoms with Gasteiger partial charge in [0.05, 0.1) is 12.3 Å². The zero-order chi connectivity index (χ0) is 9.68. The summed E-state index contributed by atoms with van der Waals surface area (Å²) in [7, 11) is 0. The van der Waals surface area contributed by atoms with Crippen LogP contribution in [0.5, 0.6) is 0 Å². The van der Waals surface area contributed by atoms with Crippen molar-refractivity contribution in [3.8, 4) is 0 Å². The average molecular weight is 181 g/mol. The van der Waals surface area contributed by atoms with Gasteiger partial charge in [0.25, 0.3) is 0 Å². The average Bonchev–Trinajstić information content (AvgIpc) is 2.55. The molecule has 1 aromatic rings. The number of carboxylic acids is 1. The van der Waals surface area contributed by atoms with Crippen molar-refractivity contribution >= 4 is 5.97 Å². The van der Waals surface area contributed by atoms with Crippen molar-refractivity contribution in [2.24, 2.45) is 0 Å². The first-order valence-corrected chi connectivity index (χ1v) is 3.89. The highest BCUT2D eigenvalue weighted by Gasteiger charge is 2.04. The van der Waals surface area contributed by atoms with Crippen LogP contribution in [0.1, 0.15) is 18.7 Å². The van der Waals surface area contributed by atoms with Crippen molar-refractivity contribution < 1.29 is 14.3 Å². The standard InChI is InChI=1S/C9H11NO3/c1-7(8-3-2-6-13-8)10-5-4-9(11)12/h2-7,10H,1H3,(H,11,12)/b5-4+/t7-/m0/s1. The van der Waals surface area contributed by atoms with Crippen LogP contribution >= 0.6 is 0 Å². The molecule has 0 saturated carbocycles. The van der Waals surface area contributed by atoms with Gasteiger partial charge in [0, 0.05) is 12.3 Å². The van der Waals surface area contributed by atoms with Crippen LogP contribution in [0.4, 0.5) is 0 Å². The summed E-state index contributed by atoms with van der Waals surface area (Å²) in [5.41, 5.74) is 0. The highest BCUT2D eigenvalue weighted by Crippen LogP contribution is 2.11. The minimum Gasteiger partial charge on any atom is -0.478 e. The summed E-state index contributed by atoms with van der Waals surface area (Å²) < 4.78 is 5.11. The SMILES string of the molecule is C[C@H](N/C=C/C(=O)O)c1ccco1. The molecule has 2 N–H and O–H groups in total. The summed E-state index contributed by atoms with van der Waals surface area (Å²) in [6.45, 7) is 1.88. The summed E-state index contributed by atoms with van der Waals surface area (Å²) in [6, 6.07) is 3.59. The number of rotatable bonds is 4. The molecule has 0 amide bonds. The number of hydrogen-bond donors (Lipinski definition) is 2. The number of furan rings is 1. The van der Waals surface area contributed by atoms with Crippen LogP contribution in [0.3, 0.4) is 0 Å². The Labute approximate surface area is 75.9 Å². The lowest BCUT2D eigenvalue weighted by Gasteiger charge is -2.06. The third-order valence-electron chi connectivity index (χ3n) is 1.54. The van der Waals surface area contributed by atoms with Gasteiger partial charge in [-0.1, -0.05) is 0 Å². The van der Waals surface area contributed by atoms with E-state index in [-0.39, 0.29) is 6.04 Å². The van der Waals surface area contributed by atoms with Gasteiger partial charge < -0.3 is 14.8 Å². The summed E-state index contributed by atoms with van der Waals surface area (Å²) >= 11 is 0. The van der Waals surface area contributed by atoms with Crippen molar-refractivity contribution in [1.29, 1.82) is 0 Å². The third kappa shape index (κ3) is 3.02. The Kier molecular flexibility index (Phi) is 3.14. The van der Waals surface area contributed by atoms with Crippen LogP contribution in [-0.4, -0.2) is 11.1 Å². The second-order valence-corrected chi connectivity index (χ2v) is 2.58. The van der Waals surface area contributed by atoms with E-state index in [1.54, 1.807) is 12.3 Å². The molecule has 0 bridgehead atoms. The lowest BCUT2D eigenvalue weighted by molar-refractivity contribution is -0.131. The maximum absolute atomic E-state index is 10.1. The van der Waals surface area contributed by atoms with E-state index in [1.165, 1.54) is 6.20 Å². The maximum atomic E-state index is 10.1. The van der Waals surface area contributed by atoms with E-state index in [0.29, 0.717) is 0 Å². The van der Waals surface area contributed by atoms with Gasteiger partial charge in [0.1, 0.15) is 5.76 Å². The summed E-state index contributed by atoms with van der Waals surface area (Å²) in [5, 5.41) is 11.2. The van der Waals surface area contributed by atoms with Crippen LogP contribution in [-0.2, 0) is 4.79 Å². The van der Waals surface area contributed by atoms with Crippen LogP contribution < -0.4 is 5.32 Å². The Morgan fingerprint density at radius 3 is 3.08 bits per heavy atom. The molecule has 0 radical (unpaired) electrons. The number of aliphatic carboxylic acids is 1. The fourth-order valence-corrected chi connectivity index (χ4v) is 0.884. The summed E-state index contributed by atoms with van der Waals surface area (Å²) in [5.74, 6) is -0.200. The third-order valence-corrected chi connectivity index (χ3v) is 1.54. The molecule has 70 valence electrons. The van der Waals surface area contributed by atoms with Gasteiger partial charge in [-0.2, -0.15) is 0 Å². The Bertz CT molecular complexity index is 290. The molecule has 0 aliphatic carbocycles. The Balaban J connectivity index is 2.43. The van der Waals surface area contributed by atoms with Crippen LogP contribution in [0, 0.1) is 0 Å². The molecular weight excluding hydrogens is 170 g/mol. The summed E-state index contributed by atoms with van der Waals surface area (Å²) in [4.78, 5) is 10.1. The lowest BCUT2D eigenvalue weighted by atomic mass is 10.2. The van der Waals surface area contributed by atoms with E-state index < -0.39 is 5.97 Å². The van der Waals surface area contributed by atoms with Gasteiger partial charge >= 0.3 is 5.97 Å². The minimum absolute atomic E-state index is 0.0226. The molecule has 0 spiro atoms. The van der Waals surface area contributed by atoms with E-state index in [9.17, 15) is 4.79 Å². The largest absolute Gasteiger partial charge is 0.478 e. The first-order valence-electron chi connectivity index (χ1n) is 3.89. The number of hydrogen-bond acceptors (Lipinski definition) is 3. The first-order chi connectivity index (χ1) is 6.20. The van der Waals surface area contributed by atoms with Crippen molar-refractivity contribution in [3.05, 3.63) is 36.4 Å². The van der Waals surface area contributed by atoms with E-state index in [0.717, 1.165) is 11.8 Å². The zero-order valence-corrected chi connectivity index (χ0v) is 7.23. The number of carboxylic acid groups (broad SMARTS) is 1. The van der Waals surface area contributed by atoms with Crippen LogP contribution in [0.25, 0.3) is 0 Å². The molecule has 1 aromatic heterocycles. The van der Waals surface area contributed by atoms with E-state index in [1.807, 2.05) is 13.0 Å². The first kappa shape index (κ1) is 9.38. The zero-order valence-electron chi connectivity index (χ0n) is 7.23. The van der Waals surface area contributed by atoms with Gasteiger partial charge in [-0.05, 0) is 19.1 Å². The second-order valence-electron chi connectivity index (χ2n) is 2.58. The predicted octanol–water partition coefficient (Wildman–Crippen LogP) is 1.53. The monoisotopic (exact) mass is 181 g/mol. The van der Waals surface area contributed by atoms with Crippen molar-refractivity contribution in [2.75, 3.05) is 0 Å². The summed E-state index contributed by atoms with van der Waals surface area (Å²) in [6.07, 6.45) is 4.00. The van der Waals surface area contributed by atoms with Gasteiger partial charge in [0.15, 0.2) is 0 Å². The molecule has 1 rings (SSSR count). The molecular formula is C9H11NO3. The smallest absolute Gasteiger partial charge is 0.329 e. The molecule has 0 unspecified atom stereocenters. The fraction of sp³-hybridized carbons (Fsp3) is 0.222. The van der Waals surface area contributed by atoms with Crippen LogP contribution in [0.15, 0.2) is 35.1 Å². The number of nitrogens with one attached hydrogen (secondary N) is 1. The van der Waals surface area contributed by atoms with E-state index in [4.69, 9.17) is 9.52 Å². The fourth-order valence-electron chi connectivity index (χ4n) is 0.884. The van der Waals surface area contributed by atoms with Gasteiger partial charge in [-0.15, -0.1) is 0 Å². The molecule has 1 heterocycles. The molecule has 13 heavy (non-hydrogen) atoms. The lowest BCUT2D eigenvalue weighted by Crippen LogP contribution is -2.11. The van der Waals surface area contributed by atoms with Crippen molar-refractivity contribution in [1.82, 2.24) is 5.32 Å². The molecule has 0 saturated heterocycles. The van der Waals surface area contributed by atoms with Gasteiger partial charge in [-0.3, -0.25) is 0 Å². The Morgan fingerprint density at radius 2 is 2.54 bits per heavy atom. The second kappa shape index (κ2) is 4.35. The van der Waals surface area contributed by atoms with Gasteiger partial charge in [-0.25, -0.2) is 4.79 Å². The molecule has 4 heteroatoms. The highest BCUT2D eigenvalue weighted by atomic mass is 16.4. The Morgan fingerprint density at radius 1 is 1.77 bits per heavy atom. The van der Waals surface area contributed by atoms with Crippen LogP contribution in [0.2, 0.25) is 0 Å². The normalized spacial score (nSPS) is 13.0. The highest BCUT2D eigenvalue weighted by molar-refractivity contribution is 5.79. The predicted molar refractivity (Wildman–Crippen MR) is 47.0 cm³/mol. The molecule has 0 aromatic carbocycles. The number of carbonyl (C=O) groups is 1. The molecule has 0 aliphatic rings. The van der Waals surface area contributed by atoms with Crippen molar-refractivity contribution in [2.45, 2.75) is 13.0 Å². The molecule has 4 nitrogen and oxygen atoms in total. The molecule has 0 aliphatic heterocycles. The Hall–Kier alpha value is -1.71.